The van der Waals surface area contributed by atoms with Crippen LogP contribution in [-0.4, -0.2) is 42.4 Å². The van der Waals surface area contributed by atoms with Crippen molar-refractivity contribution in [3.63, 3.8) is 0 Å². The summed E-state index contributed by atoms with van der Waals surface area (Å²) in [6.45, 7) is 5.52. The molecule has 2 rings (SSSR count). The fourth-order valence-electron chi connectivity index (χ4n) is 2.73. The Kier molecular flexibility index (Phi) is 8.74. The van der Waals surface area contributed by atoms with Crippen LogP contribution in [0.1, 0.15) is 38.2 Å². The molecule has 4 heteroatoms. The molecular formula is C17H28ClNO2. The standard InChI is InChI=1S/C17H27NO2.ClH/c1-2-6-15-7-9-17(10-8-15)20-14-16(19)13-18-11-4-3-5-12-18;/h7-10,16,19H,2-6,11-14H2,1H3;1H. The Morgan fingerprint density at radius 1 is 1.14 bits per heavy atom. The molecule has 21 heavy (non-hydrogen) atoms. The number of hydrogen-bond acceptors (Lipinski definition) is 3. The number of rotatable bonds is 7. The minimum Gasteiger partial charge on any atom is -0.491 e. The molecule has 120 valence electrons. The Balaban J connectivity index is 0.00000220. The van der Waals surface area contributed by atoms with Gasteiger partial charge in [-0.15, -0.1) is 12.4 Å². The lowest BCUT2D eigenvalue weighted by Gasteiger charge is -2.28. The van der Waals surface area contributed by atoms with Gasteiger partial charge in [-0.25, -0.2) is 0 Å². The number of hydrogen-bond donors (Lipinski definition) is 1. The van der Waals surface area contributed by atoms with E-state index in [-0.39, 0.29) is 12.4 Å². The van der Waals surface area contributed by atoms with E-state index in [1.165, 1.54) is 24.8 Å². The van der Waals surface area contributed by atoms with Crippen LogP contribution in [0.4, 0.5) is 0 Å². The first-order chi connectivity index (χ1) is 9.78. The van der Waals surface area contributed by atoms with Gasteiger partial charge in [0.15, 0.2) is 0 Å². The molecule has 1 aliphatic heterocycles. The monoisotopic (exact) mass is 313 g/mol. The highest BCUT2D eigenvalue weighted by Gasteiger charge is 2.14. The lowest BCUT2D eigenvalue weighted by Crippen LogP contribution is -2.38. The molecule has 3 nitrogen and oxygen atoms in total. The predicted octanol–water partition coefficient (Wildman–Crippen LogP) is 3.29. The van der Waals surface area contributed by atoms with Crippen molar-refractivity contribution in [2.45, 2.75) is 45.1 Å². The molecule has 1 fully saturated rings. The maximum Gasteiger partial charge on any atom is 0.119 e. The Bertz CT molecular complexity index is 377. The first kappa shape index (κ1) is 18.3. The summed E-state index contributed by atoms with van der Waals surface area (Å²) in [6.07, 6.45) is 5.71. The van der Waals surface area contributed by atoms with E-state index in [0.29, 0.717) is 6.61 Å². The van der Waals surface area contributed by atoms with Crippen molar-refractivity contribution < 1.29 is 9.84 Å². The largest absolute Gasteiger partial charge is 0.491 e. The molecule has 0 aromatic heterocycles. The van der Waals surface area contributed by atoms with E-state index in [2.05, 4.69) is 24.0 Å². The highest BCUT2D eigenvalue weighted by molar-refractivity contribution is 5.85. The van der Waals surface area contributed by atoms with Gasteiger partial charge in [0, 0.05) is 6.54 Å². The van der Waals surface area contributed by atoms with Gasteiger partial charge in [-0.3, -0.25) is 0 Å². The molecule has 1 atom stereocenters. The average molecular weight is 314 g/mol. The third kappa shape index (κ3) is 6.68. The molecule has 1 saturated heterocycles. The molecule has 0 spiro atoms. The number of nitrogens with zero attached hydrogens (tertiary/aromatic N) is 1. The number of halogens is 1. The predicted molar refractivity (Wildman–Crippen MR) is 89.5 cm³/mol. The smallest absolute Gasteiger partial charge is 0.119 e. The molecule has 1 unspecified atom stereocenters. The van der Waals surface area contributed by atoms with E-state index in [1.807, 2.05) is 12.1 Å². The van der Waals surface area contributed by atoms with Crippen molar-refractivity contribution in [2.75, 3.05) is 26.2 Å². The summed E-state index contributed by atoms with van der Waals surface area (Å²) in [5.74, 6) is 0.850. The van der Waals surface area contributed by atoms with E-state index >= 15 is 0 Å². The van der Waals surface area contributed by atoms with Crippen LogP contribution in [0.2, 0.25) is 0 Å². The topological polar surface area (TPSA) is 32.7 Å². The number of β-amino-alcohol motifs (C(OH)–C–C–N with tert-alkyl or cyclic N) is 1. The van der Waals surface area contributed by atoms with Gasteiger partial charge in [0.1, 0.15) is 18.5 Å². The van der Waals surface area contributed by atoms with E-state index in [0.717, 1.165) is 38.2 Å². The van der Waals surface area contributed by atoms with Crippen LogP contribution in [0.5, 0.6) is 5.75 Å². The van der Waals surface area contributed by atoms with Crippen molar-refractivity contribution in [2.24, 2.45) is 0 Å². The third-order valence-corrected chi connectivity index (χ3v) is 3.82. The van der Waals surface area contributed by atoms with Gasteiger partial charge in [0.05, 0.1) is 0 Å². The summed E-state index contributed by atoms with van der Waals surface area (Å²) in [4.78, 5) is 2.34. The average Bonchev–Trinajstić information content (AvgIpc) is 2.48. The Labute approximate surface area is 134 Å². The third-order valence-electron chi connectivity index (χ3n) is 3.82. The van der Waals surface area contributed by atoms with Gasteiger partial charge in [-0.05, 0) is 50.0 Å². The van der Waals surface area contributed by atoms with E-state index in [1.54, 1.807) is 0 Å². The second-order valence-electron chi connectivity index (χ2n) is 5.72. The summed E-state index contributed by atoms with van der Waals surface area (Å²) in [6, 6.07) is 8.21. The molecule has 0 radical (unpaired) electrons. The van der Waals surface area contributed by atoms with Crippen molar-refractivity contribution in [3.8, 4) is 5.75 Å². The van der Waals surface area contributed by atoms with Crippen LogP contribution in [0.25, 0.3) is 0 Å². The molecule has 0 bridgehead atoms. The van der Waals surface area contributed by atoms with Crippen LogP contribution >= 0.6 is 12.4 Å². The van der Waals surface area contributed by atoms with E-state index in [4.69, 9.17) is 4.74 Å². The van der Waals surface area contributed by atoms with Crippen LogP contribution < -0.4 is 4.74 Å². The summed E-state index contributed by atoms with van der Waals surface area (Å²) in [7, 11) is 0. The second kappa shape index (κ2) is 10.0. The van der Waals surface area contributed by atoms with Crippen LogP contribution in [0.15, 0.2) is 24.3 Å². The first-order valence-electron chi connectivity index (χ1n) is 7.90. The lowest BCUT2D eigenvalue weighted by molar-refractivity contribution is 0.0617. The summed E-state index contributed by atoms with van der Waals surface area (Å²) in [5.41, 5.74) is 1.34. The lowest BCUT2D eigenvalue weighted by atomic mass is 10.1. The summed E-state index contributed by atoms with van der Waals surface area (Å²) < 4.78 is 5.67. The fourth-order valence-corrected chi connectivity index (χ4v) is 2.73. The summed E-state index contributed by atoms with van der Waals surface area (Å²) >= 11 is 0. The molecule has 0 saturated carbocycles. The number of aliphatic hydroxyl groups excluding tert-OH is 1. The molecule has 1 aromatic rings. The highest BCUT2D eigenvalue weighted by atomic mass is 35.5. The maximum absolute atomic E-state index is 10.0. The van der Waals surface area contributed by atoms with Gasteiger partial charge in [-0.1, -0.05) is 31.9 Å². The zero-order valence-electron chi connectivity index (χ0n) is 13.0. The molecule has 1 aliphatic rings. The zero-order chi connectivity index (χ0) is 14.2. The quantitative estimate of drug-likeness (QED) is 0.838. The Morgan fingerprint density at radius 3 is 2.43 bits per heavy atom. The number of aryl methyl sites for hydroxylation is 1. The van der Waals surface area contributed by atoms with Crippen molar-refractivity contribution in [1.29, 1.82) is 0 Å². The Hall–Kier alpha value is -0.770. The van der Waals surface area contributed by atoms with Gasteiger partial charge in [0.2, 0.25) is 0 Å². The van der Waals surface area contributed by atoms with Crippen molar-refractivity contribution in [1.82, 2.24) is 4.90 Å². The van der Waals surface area contributed by atoms with E-state index in [9.17, 15) is 5.11 Å². The molecule has 1 N–H and O–H groups in total. The van der Waals surface area contributed by atoms with Crippen molar-refractivity contribution in [3.05, 3.63) is 29.8 Å². The zero-order valence-corrected chi connectivity index (χ0v) is 13.8. The molecule has 0 amide bonds. The fraction of sp³-hybridized carbons (Fsp3) is 0.647. The molecular weight excluding hydrogens is 286 g/mol. The van der Waals surface area contributed by atoms with Gasteiger partial charge in [-0.2, -0.15) is 0 Å². The highest BCUT2D eigenvalue weighted by Crippen LogP contribution is 2.14. The number of piperidine rings is 1. The number of aliphatic hydroxyl groups is 1. The van der Waals surface area contributed by atoms with Gasteiger partial charge in [0.25, 0.3) is 0 Å². The van der Waals surface area contributed by atoms with Crippen LogP contribution in [0.3, 0.4) is 0 Å². The minimum atomic E-state index is -0.400. The maximum atomic E-state index is 10.0. The summed E-state index contributed by atoms with van der Waals surface area (Å²) in [5, 5.41) is 10.0. The van der Waals surface area contributed by atoms with Gasteiger partial charge >= 0.3 is 0 Å². The Morgan fingerprint density at radius 2 is 1.81 bits per heavy atom. The number of ether oxygens (including phenoxy) is 1. The SMILES string of the molecule is CCCc1ccc(OCC(O)CN2CCCCC2)cc1.Cl. The van der Waals surface area contributed by atoms with E-state index < -0.39 is 6.10 Å². The molecule has 1 heterocycles. The normalized spacial score (nSPS) is 17.0. The van der Waals surface area contributed by atoms with Gasteiger partial charge < -0.3 is 14.7 Å². The number of benzene rings is 1. The molecule has 1 aromatic carbocycles. The first-order valence-corrected chi connectivity index (χ1v) is 7.90. The van der Waals surface area contributed by atoms with Crippen LogP contribution in [0, 0.1) is 0 Å². The minimum absolute atomic E-state index is 0. The van der Waals surface area contributed by atoms with Crippen LogP contribution in [-0.2, 0) is 6.42 Å². The van der Waals surface area contributed by atoms with Crippen molar-refractivity contribution >= 4 is 12.4 Å². The second-order valence-corrected chi connectivity index (χ2v) is 5.72. The molecule has 0 aliphatic carbocycles. The number of likely N-dealkylation sites (tertiary alicyclic amines) is 1.